The molecule has 3 aromatic rings. The van der Waals surface area contributed by atoms with E-state index < -0.39 is 5.97 Å². The lowest BCUT2D eigenvalue weighted by Gasteiger charge is -2.07. The third kappa shape index (κ3) is 4.37. The highest BCUT2D eigenvalue weighted by Crippen LogP contribution is 2.38. The largest absolute Gasteiger partial charge is 0.465 e. The zero-order chi connectivity index (χ0) is 20.4. The molecule has 2 heterocycles. The normalized spacial score (nSPS) is 11.0. The maximum atomic E-state index is 12.1. The highest BCUT2D eigenvalue weighted by atomic mass is 79.9. The van der Waals surface area contributed by atoms with Crippen LogP contribution in [0.2, 0.25) is 5.02 Å². The number of nitrogens with one attached hydrogen (secondary N) is 1. The molecule has 0 amide bonds. The molecule has 0 aliphatic rings. The van der Waals surface area contributed by atoms with E-state index in [-0.39, 0.29) is 5.92 Å². The Bertz CT molecular complexity index is 1040. The molecule has 0 atom stereocenters. The smallest absolute Gasteiger partial charge is 0.341 e. The molecule has 0 fully saturated rings. The first-order valence-corrected chi connectivity index (χ1v) is 10.6. The van der Waals surface area contributed by atoms with Crippen LogP contribution in [0.1, 0.15) is 40.6 Å². The number of aromatic nitrogens is 2. The van der Waals surface area contributed by atoms with E-state index in [1.807, 2.05) is 25.1 Å². The van der Waals surface area contributed by atoms with E-state index in [4.69, 9.17) is 21.3 Å². The summed E-state index contributed by atoms with van der Waals surface area (Å²) in [6.07, 6.45) is 1.62. The van der Waals surface area contributed by atoms with Crippen molar-refractivity contribution in [2.45, 2.75) is 26.7 Å². The zero-order valence-electron chi connectivity index (χ0n) is 15.8. The van der Waals surface area contributed by atoms with E-state index in [9.17, 15) is 4.79 Å². The summed E-state index contributed by atoms with van der Waals surface area (Å²) in [6, 6.07) is 7.55. The second-order valence-electron chi connectivity index (χ2n) is 6.52. The summed E-state index contributed by atoms with van der Waals surface area (Å²) in [5.74, 6) is 0.223. The average Bonchev–Trinajstić information content (AvgIpc) is 3.09. The molecule has 3 rings (SSSR count). The number of carbonyl (C=O) groups excluding carboxylic acids is 1. The molecular weight excluding hydrogens is 462 g/mol. The van der Waals surface area contributed by atoms with Crippen molar-refractivity contribution in [3.8, 4) is 11.3 Å². The van der Waals surface area contributed by atoms with Crippen LogP contribution in [-0.4, -0.2) is 23.0 Å². The molecule has 28 heavy (non-hydrogen) atoms. The van der Waals surface area contributed by atoms with Gasteiger partial charge in [0, 0.05) is 26.1 Å². The van der Waals surface area contributed by atoms with Crippen LogP contribution in [0.3, 0.4) is 0 Å². The predicted molar refractivity (Wildman–Crippen MR) is 118 cm³/mol. The number of pyridine rings is 1. The molecule has 0 aliphatic heterocycles. The molecule has 8 heteroatoms. The fourth-order valence-electron chi connectivity index (χ4n) is 2.68. The van der Waals surface area contributed by atoms with Gasteiger partial charge in [0.05, 0.1) is 12.8 Å². The van der Waals surface area contributed by atoms with Crippen LogP contribution in [0.15, 0.2) is 34.9 Å². The first kappa shape index (κ1) is 20.8. The van der Waals surface area contributed by atoms with E-state index in [0.717, 1.165) is 26.7 Å². The quantitative estimate of drug-likeness (QED) is 0.418. The van der Waals surface area contributed by atoms with Crippen molar-refractivity contribution in [2.75, 3.05) is 12.4 Å². The molecule has 146 valence electrons. The average molecular weight is 481 g/mol. The van der Waals surface area contributed by atoms with Crippen LogP contribution in [0.4, 0.5) is 10.9 Å². The summed E-state index contributed by atoms with van der Waals surface area (Å²) in [6.45, 7) is 6.23. The van der Waals surface area contributed by atoms with Gasteiger partial charge in [-0.3, -0.25) is 0 Å². The molecule has 0 unspecified atom stereocenters. The van der Waals surface area contributed by atoms with Crippen LogP contribution in [-0.2, 0) is 4.74 Å². The van der Waals surface area contributed by atoms with Gasteiger partial charge >= 0.3 is 5.97 Å². The Hall–Kier alpha value is -1.96. The number of hydrogen-bond acceptors (Lipinski definition) is 6. The van der Waals surface area contributed by atoms with Crippen LogP contribution >= 0.6 is 38.9 Å². The van der Waals surface area contributed by atoms with E-state index >= 15 is 0 Å². The van der Waals surface area contributed by atoms with Crippen molar-refractivity contribution in [1.29, 1.82) is 0 Å². The number of anilines is 2. The standard InChI is InChI=1S/C20H19BrClN3O2S/c1-10(2)17-16(12-5-6-15(22)11(3)7-12)24-20(28-17)25-18-14(19(26)27-4)8-13(21)9-23-18/h5-10H,1-4H3,(H,23,24,25). The van der Waals surface area contributed by atoms with Crippen LogP contribution < -0.4 is 5.32 Å². The van der Waals surface area contributed by atoms with Gasteiger partial charge in [-0.05, 0) is 52.5 Å². The fourth-order valence-corrected chi connectivity index (χ4v) is 4.12. The fraction of sp³-hybridized carbons (Fsp3) is 0.250. The molecule has 0 spiro atoms. The summed E-state index contributed by atoms with van der Waals surface area (Å²) in [5.41, 5.74) is 3.24. The second kappa shape index (κ2) is 8.59. The number of hydrogen-bond donors (Lipinski definition) is 1. The SMILES string of the molecule is COC(=O)c1cc(Br)cnc1Nc1nc(-c2ccc(Cl)c(C)c2)c(C(C)C)s1. The molecular formula is C20H19BrClN3O2S. The van der Waals surface area contributed by atoms with Gasteiger partial charge in [-0.25, -0.2) is 14.8 Å². The highest BCUT2D eigenvalue weighted by Gasteiger charge is 2.19. The van der Waals surface area contributed by atoms with Gasteiger partial charge in [-0.1, -0.05) is 31.5 Å². The highest BCUT2D eigenvalue weighted by molar-refractivity contribution is 9.10. The number of ether oxygens (including phenoxy) is 1. The molecule has 0 saturated carbocycles. The van der Waals surface area contributed by atoms with E-state index in [1.165, 1.54) is 7.11 Å². The maximum Gasteiger partial charge on any atom is 0.341 e. The first-order valence-electron chi connectivity index (χ1n) is 8.58. The third-order valence-electron chi connectivity index (χ3n) is 4.09. The number of methoxy groups -OCH3 is 1. The first-order chi connectivity index (χ1) is 13.3. The number of aryl methyl sites for hydroxylation is 1. The minimum atomic E-state index is -0.467. The van der Waals surface area contributed by atoms with Gasteiger partial charge < -0.3 is 10.1 Å². The van der Waals surface area contributed by atoms with Gasteiger partial charge in [0.15, 0.2) is 5.13 Å². The van der Waals surface area contributed by atoms with Crippen LogP contribution in [0.25, 0.3) is 11.3 Å². The summed E-state index contributed by atoms with van der Waals surface area (Å²) in [4.78, 5) is 22.3. The number of carbonyl (C=O) groups is 1. The van der Waals surface area contributed by atoms with Crippen molar-refractivity contribution in [3.05, 3.63) is 56.0 Å². The summed E-state index contributed by atoms with van der Waals surface area (Å²) >= 11 is 11.0. The Balaban J connectivity index is 2.03. The number of halogens is 2. The van der Waals surface area contributed by atoms with Gasteiger partial charge in [0.2, 0.25) is 0 Å². The summed E-state index contributed by atoms with van der Waals surface area (Å²) < 4.78 is 5.55. The van der Waals surface area contributed by atoms with E-state index in [0.29, 0.717) is 21.0 Å². The Morgan fingerprint density at radius 1 is 1.32 bits per heavy atom. The number of rotatable bonds is 5. The van der Waals surface area contributed by atoms with Gasteiger partial charge in [-0.15, -0.1) is 11.3 Å². The summed E-state index contributed by atoms with van der Waals surface area (Å²) in [7, 11) is 1.34. The molecule has 0 radical (unpaired) electrons. The number of benzene rings is 1. The van der Waals surface area contributed by atoms with Crippen LogP contribution in [0, 0.1) is 6.92 Å². The molecule has 0 bridgehead atoms. The van der Waals surface area contributed by atoms with Gasteiger partial charge in [0.1, 0.15) is 11.4 Å². The monoisotopic (exact) mass is 479 g/mol. The molecule has 0 aliphatic carbocycles. The molecule has 2 aromatic heterocycles. The molecule has 1 aromatic carbocycles. The van der Waals surface area contributed by atoms with Crippen molar-refractivity contribution in [2.24, 2.45) is 0 Å². The van der Waals surface area contributed by atoms with Crippen LogP contribution in [0.5, 0.6) is 0 Å². The van der Waals surface area contributed by atoms with E-state index in [2.05, 4.69) is 40.1 Å². The number of nitrogens with zero attached hydrogens (tertiary/aromatic N) is 2. The number of esters is 1. The van der Waals surface area contributed by atoms with Crippen molar-refractivity contribution in [1.82, 2.24) is 9.97 Å². The zero-order valence-corrected chi connectivity index (χ0v) is 19.0. The minimum Gasteiger partial charge on any atom is -0.465 e. The molecule has 5 nitrogen and oxygen atoms in total. The predicted octanol–water partition coefficient (Wildman–Crippen LogP) is 6.58. The van der Waals surface area contributed by atoms with Gasteiger partial charge in [-0.2, -0.15) is 0 Å². The lowest BCUT2D eigenvalue weighted by atomic mass is 10.0. The second-order valence-corrected chi connectivity index (χ2v) is 8.87. The minimum absolute atomic E-state index is 0.289. The Morgan fingerprint density at radius 2 is 2.07 bits per heavy atom. The summed E-state index contributed by atoms with van der Waals surface area (Å²) in [5, 5.41) is 4.56. The Labute approximate surface area is 181 Å². The van der Waals surface area contributed by atoms with Crippen molar-refractivity contribution < 1.29 is 9.53 Å². The van der Waals surface area contributed by atoms with Crippen molar-refractivity contribution in [3.63, 3.8) is 0 Å². The maximum absolute atomic E-state index is 12.1. The lowest BCUT2D eigenvalue weighted by molar-refractivity contribution is 0.0601. The lowest BCUT2D eigenvalue weighted by Crippen LogP contribution is -2.07. The molecule has 1 N–H and O–H groups in total. The Morgan fingerprint density at radius 3 is 2.71 bits per heavy atom. The van der Waals surface area contributed by atoms with E-state index in [1.54, 1.807) is 23.6 Å². The topological polar surface area (TPSA) is 64.1 Å². The Kier molecular flexibility index (Phi) is 6.37. The molecule has 0 saturated heterocycles. The number of thiazole rings is 1. The van der Waals surface area contributed by atoms with Gasteiger partial charge in [0.25, 0.3) is 0 Å². The van der Waals surface area contributed by atoms with Crippen molar-refractivity contribution >= 4 is 55.8 Å². The third-order valence-corrected chi connectivity index (χ3v) is 6.22.